The molecule has 8 aromatic rings. The molecule has 6 aliphatic heterocycles. The Hall–Kier alpha value is -11.9. The second-order valence-corrected chi connectivity index (χ2v) is 21.2. The van der Waals surface area contributed by atoms with E-state index >= 15 is 70.2 Å². The number of aromatic amines is 2. The molecule has 6 nitrogen and oxygen atoms in total. The minimum Gasteiger partial charge on any atom is -0.354 e. The van der Waals surface area contributed by atoms with E-state index in [1.807, 2.05) is 0 Å². The summed E-state index contributed by atoms with van der Waals surface area (Å²) in [5.74, 6) is -44.9. The van der Waals surface area contributed by atoms with Crippen LogP contribution in [0, 0.1) is 128 Å². The van der Waals surface area contributed by atoms with Crippen LogP contribution in [-0.4, -0.2) is 32.8 Å². The zero-order chi connectivity index (χ0) is 67.8. The molecule has 0 saturated carbocycles. The van der Waals surface area contributed by atoms with Crippen LogP contribution in [0.1, 0.15) is 44.8 Å². The standard InChI is InChI=1S/C70H24F20N6/c71-51-47(52(72)60(80)67(87)59(51)79)43-32-15-13-28(91-32)41-27(12-11-25-7-3-1-4-8-25)40(26-9-5-2-6-10-26)42(30-17-19-34(93-30)45(38-23-21-36(43)95-38)49-55(75)63(83)69(89)64(84)56(49)76)31-18-20-35(94-31)46(50-57(77)65(85)70(90)66(86)58(50)78)39-24-22-37(96-39)44(33-16-14-29(41)92-33)48-53(73)61(81)68(88)62(82)54(48)74/h1-10,13-24,95-96H. The van der Waals surface area contributed by atoms with Gasteiger partial charge in [0.05, 0.1) is 67.9 Å². The van der Waals surface area contributed by atoms with Crippen LogP contribution in [0.15, 0.2) is 193 Å². The van der Waals surface area contributed by atoms with E-state index in [1.165, 1.54) is 42.5 Å². The second-order valence-electron chi connectivity index (χ2n) is 21.2. The van der Waals surface area contributed by atoms with E-state index in [2.05, 4.69) is 31.8 Å². The van der Waals surface area contributed by atoms with Crippen molar-refractivity contribution in [2.24, 2.45) is 20.0 Å². The molecule has 96 heavy (non-hydrogen) atoms. The molecule has 6 aromatic carbocycles. The molecule has 26 heteroatoms. The SMILES string of the molecule is Fc1c(F)c(F)c(C2=C3C=CC(=N3)C3=C4C=CC(=N4)C(c4c(F)c(F)c(F)c(F)c4F)=c4ccc([nH]4)=C(c4c(F)c(F)c(F)c(F)c4F)C4=NC(=C(C5=NC(=C(c6c(F)c(F)c(F)c(F)c6F)c6ccc2[nH]6)C=C5)C(c2ccccc2)=C3C#Cc2ccccc2)C=C4)c(F)c1F. The lowest BCUT2D eigenvalue weighted by molar-refractivity contribution is 0.376. The summed E-state index contributed by atoms with van der Waals surface area (Å²) >= 11 is 0. The molecule has 8 heterocycles. The average molecular weight is 1330 g/mol. The van der Waals surface area contributed by atoms with E-state index < -0.39 is 245 Å². The average Bonchev–Trinajstić information content (AvgIpc) is 1.53. The van der Waals surface area contributed by atoms with Crippen molar-refractivity contribution in [2.45, 2.75) is 0 Å². The lowest BCUT2D eigenvalue weighted by Gasteiger charge is -2.20. The number of rotatable bonds is 5. The quantitative estimate of drug-likeness (QED) is 0.0745. The van der Waals surface area contributed by atoms with E-state index in [1.54, 1.807) is 18.2 Å². The van der Waals surface area contributed by atoms with Gasteiger partial charge in [-0.2, -0.15) is 0 Å². The van der Waals surface area contributed by atoms with E-state index in [0.29, 0.717) is 0 Å². The minimum atomic E-state index is -2.65. The van der Waals surface area contributed by atoms with Gasteiger partial charge in [0.25, 0.3) is 0 Å². The van der Waals surface area contributed by atoms with Crippen molar-refractivity contribution in [2.75, 3.05) is 0 Å². The lowest BCUT2D eigenvalue weighted by Crippen LogP contribution is -2.24. The van der Waals surface area contributed by atoms with Crippen molar-refractivity contribution in [1.82, 2.24) is 9.97 Å². The Labute approximate surface area is 523 Å². The van der Waals surface area contributed by atoms with Gasteiger partial charge in [0.1, 0.15) is 0 Å². The van der Waals surface area contributed by atoms with Gasteiger partial charge in [0, 0.05) is 72.2 Å². The third-order valence-electron chi connectivity index (χ3n) is 15.8. The summed E-state index contributed by atoms with van der Waals surface area (Å²) in [6.45, 7) is 0. The molecule has 0 unspecified atom stereocenters. The van der Waals surface area contributed by atoms with Crippen LogP contribution in [-0.2, 0) is 0 Å². The number of fused-ring (bicyclic) bond motifs is 12. The maximum absolute atomic E-state index is 16.6. The second kappa shape index (κ2) is 23.0. The first-order valence-corrected chi connectivity index (χ1v) is 27.6. The topological polar surface area (TPSA) is 81.0 Å². The molecule has 0 amide bonds. The number of aliphatic imine (C=N–C) groups is 4. The number of allylic oxidation sites excluding steroid dienone is 12. The summed E-state index contributed by atoms with van der Waals surface area (Å²) < 4.78 is 318. The summed E-state index contributed by atoms with van der Waals surface area (Å²) in [5.41, 5.74) is -19.2. The van der Waals surface area contributed by atoms with Gasteiger partial charge >= 0.3 is 0 Å². The highest BCUT2D eigenvalue weighted by Crippen LogP contribution is 2.46. The van der Waals surface area contributed by atoms with Crippen LogP contribution >= 0.6 is 0 Å². The maximum Gasteiger partial charge on any atom is 0.200 e. The fourth-order valence-corrected chi connectivity index (χ4v) is 11.5. The van der Waals surface area contributed by atoms with Crippen molar-refractivity contribution in [3.63, 3.8) is 0 Å². The maximum atomic E-state index is 16.6. The molecular weight excluding hydrogens is 1300 g/mol. The molecule has 474 valence electrons. The minimum absolute atomic E-state index is 0.0129. The molecule has 0 spiro atoms. The number of H-pyrrole nitrogens is 2. The van der Waals surface area contributed by atoms with Crippen LogP contribution in [0.3, 0.4) is 0 Å². The highest BCUT2D eigenvalue weighted by Gasteiger charge is 2.39. The van der Waals surface area contributed by atoms with Crippen molar-refractivity contribution >= 4 is 50.7 Å². The molecule has 6 aliphatic rings. The van der Waals surface area contributed by atoms with Crippen LogP contribution in [0.4, 0.5) is 87.8 Å². The number of hydrogen-bond donors (Lipinski definition) is 2. The van der Waals surface area contributed by atoms with E-state index in [0.717, 1.165) is 72.9 Å². The van der Waals surface area contributed by atoms with Gasteiger partial charge in [0.15, 0.2) is 93.1 Å². The zero-order valence-corrected chi connectivity index (χ0v) is 47.0. The predicted molar refractivity (Wildman–Crippen MR) is 310 cm³/mol. The molecular formula is C70H24F20N6. The van der Waals surface area contributed by atoms with E-state index in [4.69, 9.17) is 9.98 Å². The highest BCUT2D eigenvalue weighted by atomic mass is 19.2. The first-order valence-electron chi connectivity index (χ1n) is 27.6. The molecule has 0 fully saturated rings. The third-order valence-corrected chi connectivity index (χ3v) is 15.8. The van der Waals surface area contributed by atoms with Gasteiger partial charge in [-0.25, -0.2) is 108 Å². The van der Waals surface area contributed by atoms with Crippen molar-refractivity contribution in [1.29, 1.82) is 0 Å². The summed E-state index contributed by atoms with van der Waals surface area (Å²) in [5, 5.41) is -1.52. The highest BCUT2D eigenvalue weighted by molar-refractivity contribution is 6.33. The Balaban J connectivity index is 1.26. The van der Waals surface area contributed by atoms with Gasteiger partial charge in [0.2, 0.25) is 23.3 Å². The van der Waals surface area contributed by atoms with Crippen LogP contribution in [0.2, 0.25) is 0 Å². The molecule has 0 atom stereocenters. The predicted octanol–water partition coefficient (Wildman–Crippen LogP) is 15.8. The fraction of sp³-hybridized carbons (Fsp3) is 0. The number of hydrogen-bond acceptors (Lipinski definition) is 4. The lowest BCUT2D eigenvalue weighted by atomic mass is 9.84. The number of benzene rings is 6. The van der Waals surface area contributed by atoms with Crippen molar-refractivity contribution in [3.8, 4) is 11.8 Å². The summed E-state index contributed by atoms with van der Waals surface area (Å²) in [4.78, 5) is 23.8. The van der Waals surface area contributed by atoms with Crippen LogP contribution < -0.4 is 10.7 Å². The molecule has 14 bridgehead atoms. The van der Waals surface area contributed by atoms with Crippen LogP contribution in [0.25, 0.3) is 27.9 Å². The Bertz CT molecular complexity index is 5500. The van der Waals surface area contributed by atoms with E-state index in [-0.39, 0.29) is 16.7 Å². The van der Waals surface area contributed by atoms with Crippen LogP contribution in [0.5, 0.6) is 0 Å². The van der Waals surface area contributed by atoms with Gasteiger partial charge in [-0.1, -0.05) is 60.4 Å². The molecule has 0 saturated heterocycles. The van der Waals surface area contributed by atoms with Gasteiger partial charge < -0.3 is 9.97 Å². The number of aromatic nitrogens is 2. The third kappa shape index (κ3) is 9.45. The Morgan fingerprint density at radius 1 is 0.240 bits per heavy atom. The smallest absolute Gasteiger partial charge is 0.200 e. The Morgan fingerprint density at radius 2 is 0.531 bits per heavy atom. The molecule has 2 aromatic heterocycles. The summed E-state index contributed by atoms with van der Waals surface area (Å²) in [7, 11) is 0. The van der Waals surface area contributed by atoms with Gasteiger partial charge in [-0.15, -0.1) is 0 Å². The largest absolute Gasteiger partial charge is 0.354 e. The first kappa shape index (κ1) is 61.6. The monoisotopic (exact) mass is 1330 g/mol. The number of halogens is 20. The Morgan fingerprint density at radius 3 is 0.896 bits per heavy atom. The van der Waals surface area contributed by atoms with E-state index in [9.17, 15) is 17.6 Å². The normalized spacial score (nSPS) is 15.7. The summed E-state index contributed by atoms with van der Waals surface area (Å²) in [6, 6.07) is 18.2. The fourth-order valence-electron chi connectivity index (χ4n) is 11.5. The molecule has 0 aliphatic carbocycles. The first-order chi connectivity index (χ1) is 46.0. The number of nitrogens with zero attached hydrogens (tertiary/aromatic N) is 4. The molecule has 0 radical (unpaired) electrons. The Kier molecular flexibility index (Phi) is 14.8. The molecule has 2 N–H and O–H groups in total. The zero-order valence-electron chi connectivity index (χ0n) is 47.0. The number of nitrogens with one attached hydrogen (secondary N) is 2. The van der Waals surface area contributed by atoms with Crippen molar-refractivity contribution in [3.05, 3.63) is 345 Å². The van der Waals surface area contributed by atoms with Gasteiger partial charge in [-0.3, -0.25) is 0 Å². The van der Waals surface area contributed by atoms with Gasteiger partial charge in [-0.05, 0) is 90.6 Å². The summed E-state index contributed by atoms with van der Waals surface area (Å²) in [6.07, 6.45) is 8.01. The molecule has 14 rings (SSSR count). The van der Waals surface area contributed by atoms with Crippen molar-refractivity contribution < 1.29 is 87.8 Å².